The van der Waals surface area contributed by atoms with E-state index in [-0.39, 0.29) is 18.0 Å². The minimum Gasteiger partial charge on any atom is -0.493 e. The number of hydrogen-bond donors (Lipinski definition) is 3. The molecule has 0 aliphatic carbocycles. The van der Waals surface area contributed by atoms with Crippen LogP contribution >= 0.6 is 11.6 Å². The summed E-state index contributed by atoms with van der Waals surface area (Å²) in [5.74, 6) is -0.0552. The fourth-order valence-electron chi connectivity index (χ4n) is 5.26. The van der Waals surface area contributed by atoms with Gasteiger partial charge in [0.15, 0.2) is 23.1 Å². The molecule has 1 aliphatic rings. The highest BCUT2D eigenvalue weighted by molar-refractivity contribution is 6.39. The van der Waals surface area contributed by atoms with Crippen LogP contribution in [-0.4, -0.2) is 56.8 Å². The Labute approximate surface area is 284 Å². The van der Waals surface area contributed by atoms with E-state index in [0.29, 0.717) is 64.5 Å². The molecule has 12 heteroatoms. The first-order chi connectivity index (χ1) is 23.3. The van der Waals surface area contributed by atoms with Crippen molar-refractivity contribution < 1.29 is 32.9 Å². The molecule has 4 aromatic rings. The first-order valence-corrected chi connectivity index (χ1v) is 16.5. The van der Waals surface area contributed by atoms with E-state index in [1.807, 2.05) is 6.07 Å². The molecule has 1 aromatic heterocycles. The lowest BCUT2D eigenvalue weighted by atomic mass is 9.99. The molecule has 2 heterocycles. The largest absolute Gasteiger partial charge is 0.493 e. The van der Waals surface area contributed by atoms with Crippen LogP contribution in [-0.2, 0) is 16.0 Å². The normalized spacial score (nSPS) is 13.2. The minimum absolute atomic E-state index is 0.0735. The summed E-state index contributed by atoms with van der Waals surface area (Å²) in [6.45, 7) is 5.41. The van der Waals surface area contributed by atoms with Crippen molar-refractivity contribution in [3.63, 3.8) is 0 Å². The van der Waals surface area contributed by atoms with Gasteiger partial charge in [-0.25, -0.2) is 4.39 Å². The Morgan fingerprint density at radius 3 is 2.52 bits per heavy atom. The highest BCUT2D eigenvalue weighted by Gasteiger charge is 2.18. The number of unbranched alkanes of at least 4 members (excludes halogenated alkanes) is 1. The van der Waals surface area contributed by atoms with Gasteiger partial charge in [0.1, 0.15) is 11.5 Å². The fourth-order valence-corrected chi connectivity index (χ4v) is 5.52. The summed E-state index contributed by atoms with van der Waals surface area (Å²) in [7, 11) is 1.56. The molecule has 0 bridgehead atoms. The summed E-state index contributed by atoms with van der Waals surface area (Å²) < 4.78 is 38.4. The van der Waals surface area contributed by atoms with Gasteiger partial charge in [0.2, 0.25) is 0 Å². The van der Waals surface area contributed by atoms with Crippen LogP contribution in [0.1, 0.15) is 38.2 Å². The molecular weight excluding hydrogens is 639 g/mol. The van der Waals surface area contributed by atoms with Crippen LogP contribution in [0.25, 0.3) is 10.9 Å². The van der Waals surface area contributed by atoms with Gasteiger partial charge in [0.25, 0.3) is 0 Å². The predicted octanol–water partition coefficient (Wildman–Crippen LogP) is 6.68. The molecule has 0 radical (unpaired) electrons. The molecule has 1 fully saturated rings. The zero-order chi connectivity index (χ0) is 33.9. The highest BCUT2D eigenvalue weighted by Crippen LogP contribution is 2.38. The van der Waals surface area contributed by atoms with Crippen LogP contribution < -0.4 is 34.9 Å². The van der Waals surface area contributed by atoms with Gasteiger partial charge in [-0.2, -0.15) is 0 Å². The number of pyridine rings is 1. The first kappa shape index (κ1) is 34.7. The van der Waals surface area contributed by atoms with Crippen molar-refractivity contribution in [3.8, 4) is 28.7 Å². The maximum absolute atomic E-state index is 15.2. The molecule has 0 saturated carbocycles. The zero-order valence-corrected chi connectivity index (χ0v) is 27.8. The average molecular weight is 679 g/mol. The molecule has 1 aliphatic heterocycles. The fraction of sp³-hybridized carbons (Fsp3) is 0.361. The number of methoxy groups -OCH3 is 1. The molecule has 2 amide bonds. The molecule has 3 N–H and O–H groups in total. The van der Waals surface area contributed by atoms with Crippen LogP contribution in [0, 0.1) is 11.7 Å². The molecule has 0 atom stereocenters. The quantitative estimate of drug-likeness (QED) is 0.0998. The van der Waals surface area contributed by atoms with E-state index in [4.69, 9.17) is 30.5 Å². The number of aromatic nitrogens is 1. The van der Waals surface area contributed by atoms with Crippen molar-refractivity contribution in [1.29, 1.82) is 0 Å². The summed E-state index contributed by atoms with van der Waals surface area (Å²) >= 11 is 6.31. The number of nitrogens with zero attached hydrogens (tertiary/aromatic N) is 1. The van der Waals surface area contributed by atoms with E-state index < -0.39 is 17.6 Å². The second-order valence-corrected chi connectivity index (χ2v) is 11.9. The van der Waals surface area contributed by atoms with E-state index in [1.54, 1.807) is 43.6 Å². The monoisotopic (exact) mass is 678 g/mol. The average Bonchev–Trinajstić information content (AvgIpc) is 3.09. The summed E-state index contributed by atoms with van der Waals surface area (Å²) in [6, 6.07) is 14.5. The number of anilines is 1. The maximum Gasteiger partial charge on any atom is 0.313 e. The number of rotatable bonds is 14. The molecule has 3 aromatic carbocycles. The molecular formula is C36H40ClFN4O6. The third-order valence-electron chi connectivity index (χ3n) is 7.99. The van der Waals surface area contributed by atoms with Gasteiger partial charge < -0.3 is 34.9 Å². The van der Waals surface area contributed by atoms with Gasteiger partial charge >= 0.3 is 11.8 Å². The number of piperidine rings is 1. The lowest BCUT2D eigenvalue weighted by Crippen LogP contribution is -2.36. The van der Waals surface area contributed by atoms with Crippen LogP contribution in [0.2, 0.25) is 5.02 Å². The SMILES string of the molecule is CCCCOc1ccc(CCNC(=O)C(=O)Nc2ccc(Oc3ccnc4cc(OCC5CCNCC5)c(OC)cc34)c(F)c2)cc1Cl. The summed E-state index contributed by atoms with van der Waals surface area (Å²) in [5.41, 5.74) is 1.57. The van der Waals surface area contributed by atoms with Crippen molar-refractivity contribution >= 4 is 40.0 Å². The molecule has 0 spiro atoms. The topological polar surface area (TPSA) is 120 Å². The molecule has 254 valence electrons. The maximum atomic E-state index is 15.2. The number of amides is 2. The van der Waals surface area contributed by atoms with Crippen LogP contribution in [0.5, 0.6) is 28.7 Å². The Hall–Kier alpha value is -4.61. The van der Waals surface area contributed by atoms with E-state index in [1.165, 1.54) is 12.1 Å². The summed E-state index contributed by atoms with van der Waals surface area (Å²) in [6.07, 6.45) is 6.08. The van der Waals surface area contributed by atoms with Crippen molar-refractivity contribution in [2.24, 2.45) is 5.92 Å². The number of hydrogen-bond acceptors (Lipinski definition) is 8. The Kier molecular flexibility index (Phi) is 12.3. The van der Waals surface area contributed by atoms with Gasteiger partial charge in [-0.3, -0.25) is 14.6 Å². The van der Waals surface area contributed by atoms with Crippen LogP contribution in [0.15, 0.2) is 60.8 Å². The second-order valence-electron chi connectivity index (χ2n) is 11.5. The lowest BCUT2D eigenvalue weighted by molar-refractivity contribution is -0.136. The van der Waals surface area contributed by atoms with Crippen molar-refractivity contribution in [3.05, 3.63) is 77.2 Å². The van der Waals surface area contributed by atoms with Gasteiger partial charge in [0, 0.05) is 35.9 Å². The van der Waals surface area contributed by atoms with E-state index >= 15 is 4.39 Å². The zero-order valence-electron chi connectivity index (χ0n) is 27.1. The third-order valence-corrected chi connectivity index (χ3v) is 8.28. The Balaban J connectivity index is 1.16. The molecule has 48 heavy (non-hydrogen) atoms. The van der Waals surface area contributed by atoms with Gasteiger partial charge in [-0.05, 0) is 86.7 Å². The van der Waals surface area contributed by atoms with Gasteiger partial charge in [-0.15, -0.1) is 0 Å². The Morgan fingerprint density at radius 2 is 1.77 bits per heavy atom. The smallest absolute Gasteiger partial charge is 0.313 e. The number of carbonyl (C=O) groups excluding carboxylic acids is 2. The lowest BCUT2D eigenvalue weighted by Gasteiger charge is -2.23. The summed E-state index contributed by atoms with van der Waals surface area (Å²) in [5, 5.41) is 9.44. The van der Waals surface area contributed by atoms with Gasteiger partial charge in [0.05, 0.1) is 30.9 Å². The third kappa shape index (κ3) is 9.26. The van der Waals surface area contributed by atoms with Crippen molar-refractivity contribution in [2.75, 3.05) is 45.3 Å². The number of carbonyl (C=O) groups is 2. The molecule has 1 saturated heterocycles. The predicted molar refractivity (Wildman–Crippen MR) is 183 cm³/mol. The van der Waals surface area contributed by atoms with Gasteiger partial charge in [-0.1, -0.05) is 31.0 Å². The van der Waals surface area contributed by atoms with Crippen LogP contribution in [0.4, 0.5) is 10.1 Å². The Bertz CT molecular complexity index is 1730. The highest BCUT2D eigenvalue weighted by atomic mass is 35.5. The number of ether oxygens (including phenoxy) is 4. The number of nitrogens with one attached hydrogen (secondary N) is 3. The number of benzene rings is 3. The Morgan fingerprint density at radius 1 is 0.958 bits per heavy atom. The summed E-state index contributed by atoms with van der Waals surface area (Å²) in [4.78, 5) is 29.3. The van der Waals surface area contributed by atoms with Crippen molar-refractivity contribution in [1.82, 2.24) is 15.6 Å². The standard InChI is InChI=1S/C36H40ClFN4O6/c1-3-4-17-46-31-7-5-23(18-27(31)37)11-15-41-35(43)36(44)42-25-6-8-32(28(38)19-25)48-30-12-16-40-29-21-34(33(45-2)20-26(29)30)47-22-24-9-13-39-14-10-24/h5-8,12,16,18-21,24,39H,3-4,9-11,13-15,17,22H2,1-2H3,(H,41,43)(H,42,44). The molecule has 0 unspecified atom stereocenters. The second kappa shape index (κ2) is 17.0. The molecule has 10 nitrogen and oxygen atoms in total. The number of fused-ring (bicyclic) bond motifs is 1. The van der Waals surface area contributed by atoms with E-state index in [9.17, 15) is 9.59 Å². The van der Waals surface area contributed by atoms with E-state index in [0.717, 1.165) is 50.4 Å². The van der Waals surface area contributed by atoms with E-state index in [2.05, 4.69) is 27.9 Å². The first-order valence-electron chi connectivity index (χ1n) is 16.1. The molecule has 5 rings (SSSR count). The van der Waals surface area contributed by atoms with Crippen molar-refractivity contribution in [2.45, 2.75) is 39.0 Å². The van der Waals surface area contributed by atoms with Crippen LogP contribution in [0.3, 0.4) is 0 Å². The number of halogens is 2. The minimum atomic E-state index is -0.925.